The average Bonchev–Trinajstić information content (AvgIpc) is 2.05. The molecule has 0 radical (unpaired) electrons. The maximum atomic E-state index is 8.46. The minimum atomic E-state index is 0.644. The topological polar surface area (TPSA) is 32.3 Å². The van der Waals surface area contributed by atoms with Gasteiger partial charge in [0.25, 0.3) is 0 Å². The van der Waals surface area contributed by atoms with Crippen molar-refractivity contribution in [2.75, 3.05) is 5.48 Å². The fourth-order valence-electron chi connectivity index (χ4n) is 0.614. The van der Waals surface area contributed by atoms with Crippen molar-refractivity contribution in [3.63, 3.8) is 0 Å². The van der Waals surface area contributed by atoms with Gasteiger partial charge >= 0.3 is 0 Å². The zero-order valence-corrected chi connectivity index (χ0v) is 6.62. The SMILES string of the molecule is ONc1cccc(SCl)c1. The van der Waals surface area contributed by atoms with Gasteiger partial charge in [-0.1, -0.05) is 6.07 Å². The van der Waals surface area contributed by atoms with E-state index in [2.05, 4.69) is 0 Å². The van der Waals surface area contributed by atoms with Crippen molar-refractivity contribution in [1.82, 2.24) is 0 Å². The summed E-state index contributed by atoms with van der Waals surface area (Å²) < 4.78 is 0. The van der Waals surface area contributed by atoms with E-state index < -0.39 is 0 Å². The second-order valence-corrected chi connectivity index (χ2v) is 2.81. The molecule has 0 saturated heterocycles. The molecule has 0 aliphatic rings. The van der Waals surface area contributed by atoms with Crippen LogP contribution in [0.1, 0.15) is 0 Å². The van der Waals surface area contributed by atoms with Crippen molar-refractivity contribution in [2.45, 2.75) is 4.90 Å². The summed E-state index contributed by atoms with van der Waals surface area (Å²) in [6, 6.07) is 7.16. The van der Waals surface area contributed by atoms with Crippen LogP contribution in [0.15, 0.2) is 29.2 Å². The van der Waals surface area contributed by atoms with Crippen molar-refractivity contribution in [2.24, 2.45) is 0 Å². The van der Waals surface area contributed by atoms with Crippen LogP contribution < -0.4 is 5.48 Å². The van der Waals surface area contributed by atoms with Gasteiger partial charge in [0.1, 0.15) is 0 Å². The normalized spacial score (nSPS) is 9.40. The number of benzene rings is 1. The third-order valence-corrected chi connectivity index (χ3v) is 2.02. The van der Waals surface area contributed by atoms with Crippen LogP contribution in [-0.4, -0.2) is 5.21 Å². The summed E-state index contributed by atoms with van der Waals surface area (Å²) in [5, 5.41) is 8.46. The molecular formula is C6H6ClNOS. The van der Waals surface area contributed by atoms with Gasteiger partial charge in [0, 0.05) is 4.90 Å². The van der Waals surface area contributed by atoms with Crippen LogP contribution in [-0.2, 0) is 0 Å². The van der Waals surface area contributed by atoms with E-state index in [0.717, 1.165) is 15.9 Å². The number of halogens is 1. The smallest absolute Gasteiger partial charge is 0.0613 e. The number of rotatable bonds is 2. The maximum absolute atomic E-state index is 8.46. The zero-order valence-electron chi connectivity index (χ0n) is 5.04. The summed E-state index contributed by atoms with van der Waals surface area (Å²) in [6.45, 7) is 0. The highest BCUT2D eigenvalue weighted by molar-refractivity contribution is 8.21. The minimum absolute atomic E-state index is 0.644. The molecule has 1 aromatic rings. The molecule has 0 aliphatic carbocycles. The van der Waals surface area contributed by atoms with Gasteiger partial charge in [-0.2, -0.15) is 0 Å². The third-order valence-electron chi connectivity index (χ3n) is 1.05. The second kappa shape index (κ2) is 3.71. The Bertz CT molecular complexity index is 199. The molecule has 2 N–H and O–H groups in total. The lowest BCUT2D eigenvalue weighted by Gasteiger charge is -1.98. The van der Waals surface area contributed by atoms with Crippen LogP contribution in [0.5, 0.6) is 0 Å². The van der Waals surface area contributed by atoms with E-state index in [1.54, 1.807) is 12.1 Å². The van der Waals surface area contributed by atoms with Gasteiger partial charge in [0.15, 0.2) is 0 Å². The van der Waals surface area contributed by atoms with Crippen LogP contribution in [0.4, 0.5) is 5.69 Å². The van der Waals surface area contributed by atoms with Crippen molar-refractivity contribution < 1.29 is 5.21 Å². The Morgan fingerprint density at radius 2 is 2.30 bits per heavy atom. The van der Waals surface area contributed by atoms with E-state index in [1.807, 2.05) is 17.6 Å². The maximum Gasteiger partial charge on any atom is 0.0613 e. The summed E-state index contributed by atoms with van der Waals surface area (Å²) in [6.07, 6.45) is 0. The lowest BCUT2D eigenvalue weighted by atomic mass is 10.3. The molecule has 0 bridgehead atoms. The highest BCUT2D eigenvalue weighted by Gasteiger charge is 1.91. The van der Waals surface area contributed by atoms with Crippen molar-refractivity contribution in [1.29, 1.82) is 0 Å². The highest BCUT2D eigenvalue weighted by Crippen LogP contribution is 2.23. The summed E-state index contributed by atoms with van der Waals surface area (Å²) in [5.74, 6) is 0. The first-order chi connectivity index (χ1) is 4.86. The molecule has 0 spiro atoms. The molecule has 0 heterocycles. The largest absolute Gasteiger partial charge is 0.291 e. The number of anilines is 1. The van der Waals surface area contributed by atoms with Crippen LogP contribution in [0.3, 0.4) is 0 Å². The summed E-state index contributed by atoms with van der Waals surface area (Å²) >= 11 is 0. The standard InChI is InChI=1S/C6H6ClNOS/c7-10-6-3-1-2-5(4-6)8-9/h1-4,8-9H. The number of hydrogen-bond donors (Lipinski definition) is 2. The summed E-state index contributed by atoms with van der Waals surface area (Å²) in [7, 11) is 6.58. The molecule has 1 aromatic carbocycles. The van der Waals surface area contributed by atoms with Gasteiger partial charge in [-0.15, -0.1) is 0 Å². The van der Waals surface area contributed by atoms with Crippen molar-refractivity contribution in [3.8, 4) is 0 Å². The van der Waals surface area contributed by atoms with Crippen molar-refractivity contribution in [3.05, 3.63) is 24.3 Å². The Hall–Kier alpha value is -0.380. The van der Waals surface area contributed by atoms with Crippen LogP contribution in [0, 0.1) is 0 Å². The zero-order chi connectivity index (χ0) is 7.40. The van der Waals surface area contributed by atoms with Gasteiger partial charge in [-0.3, -0.25) is 10.7 Å². The average molecular weight is 176 g/mol. The molecule has 0 amide bonds. The molecule has 10 heavy (non-hydrogen) atoms. The van der Waals surface area contributed by atoms with E-state index in [9.17, 15) is 0 Å². The first kappa shape index (κ1) is 7.72. The molecule has 0 unspecified atom stereocenters. The minimum Gasteiger partial charge on any atom is -0.291 e. The Morgan fingerprint density at radius 1 is 1.50 bits per heavy atom. The predicted molar refractivity (Wildman–Crippen MR) is 43.6 cm³/mol. The van der Waals surface area contributed by atoms with Gasteiger partial charge in [-0.05, 0) is 39.9 Å². The van der Waals surface area contributed by atoms with E-state index in [4.69, 9.17) is 15.9 Å². The Kier molecular flexibility index (Phi) is 2.86. The lowest BCUT2D eigenvalue weighted by molar-refractivity contribution is 0.389. The lowest BCUT2D eigenvalue weighted by Crippen LogP contribution is -1.87. The Morgan fingerprint density at radius 3 is 2.90 bits per heavy atom. The molecule has 54 valence electrons. The molecule has 0 saturated carbocycles. The van der Waals surface area contributed by atoms with Gasteiger partial charge < -0.3 is 0 Å². The van der Waals surface area contributed by atoms with Crippen LogP contribution in [0.2, 0.25) is 0 Å². The fraction of sp³-hybridized carbons (Fsp3) is 0. The summed E-state index contributed by atoms with van der Waals surface area (Å²) in [4.78, 5) is 0.903. The molecule has 0 aliphatic heterocycles. The quantitative estimate of drug-likeness (QED) is 0.678. The van der Waals surface area contributed by atoms with Gasteiger partial charge in [0.05, 0.1) is 5.69 Å². The molecule has 0 aromatic heterocycles. The van der Waals surface area contributed by atoms with E-state index in [-0.39, 0.29) is 0 Å². The van der Waals surface area contributed by atoms with Gasteiger partial charge in [-0.25, -0.2) is 0 Å². The Balaban J connectivity index is 2.87. The molecule has 1 rings (SSSR count). The molecule has 0 fully saturated rings. The van der Waals surface area contributed by atoms with E-state index >= 15 is 0 Å². The molecule has 4 heteroatoms. The molecular weight excluding hydrogens is 170 g/mol. The second-order valence-electron chi connectivity index (χ2n) is 1.72. The van der Waals surface area contributed by atoms with E-state index in [0.29, 0.717) is 5.69 Å². The number of hydrogen-bond acceptors (Lipinski definition) is 3. The first-order valence-electron chi connectivity index (χ1n) is 2.65. The Labute approximate surface area is 67.7 Å². The van der Waals surface area contributed by atoms with Crippen LogP contribution >= 0.6 is 21.7 Å². The van der Waals surface area contributed by atoms with E-state index in [1.165, 1.54) is 0 Å². The van der Waals surface area contributed by atoms with Gasteiger partial charge in [0.2, 0.25) is 0 Å². The fourth-order valence-corrected chi connectivity index (χ4v) is 1.20. The molecule has 0 atom stereocenters. The van der Waals surface area contributed by atoms with Crippen molar-refractivity contribution >= 4 is 27.3 Å². The van der Waals surface area contributed by atoms with Crippen LogP contribution in [0.25, 0.3) is 0 Å². The highest BCUT2D eigenvalue weighted by atomic mass is 35.7. The molecule has 2 nitrogen and oxygen atoms in total. The predicted octanol–water partition coefficient (Wildman–Crippen LogP) is 2.73. The monoisotopic (exact) mass is 175 g/mol. The third kappa shape index (κ3) is 1.80. The number of nitrogens with one attached hydrogen (secondary N) is 1. The first-order valence-corrected chi connectivity index (χ1v) is 4.30. The summed E-state index contributed by atoms with van der Waals surface area (Å²) in [5.41, 5.74) is 2.67.